The summed E-state index contributed by atoms with van der Waals surface area (Å²) < 4.78 is 56.3. The highest BCUT2D eigenvalue weighted by Gasteiger charge is 2.47. The van der Waals surface area contributed by atoms with Crippen LogP contribution < -0.4 is 0 Å². The van der Waals surface area contributed by atoms with Crippen molar-refractivity contribution in [3.8, 4) is 0 Å². The topological polar surface area (TPSA) is 65.6 Å². The molecule has 2 aliphatic heterocycles. The summed E-state index contributed by atoms with van der Waals surface area (Å²) in [6.07, 6.45) is -5.30. The molecular weight excluding hydrogens is 430 g/mol. The number of amides is 2. The molecule has 2 fully saturated rings. The maximum absolute atomic E-state index is 13.6. The number of rotatable bonds is 2. The van der Waals surface area contributed by atoms with Crippen molar-refractivity contribution in [3.05, 3.63) is 35.3 Å². The Labute approximate surface area is 182 Å². The summed E-state index contributed by atoms with van der Waals surface area (Å²) in [7, 11) is 0. The van der Waals surface area contributed by atoms with Gasteiger partial charge in [-0.2, -0.15) is 13.2 Å². The van der Waals surface area contributed by atoms with Gasteiger partial charge in [0.05, 0.1) is 0 Å². The fourth-order valence-corrected chi connectivity index (χ4v) is 4.82. The maximum Gasteiger partial charge on any atom is 0.425 e. The number of hydrogen-bond acceptors (Lipinski definition) is 3. The number of alkyl halides is 3. The van der Waals surface area contributed by atoms with Gasteiger partial charge in [0.25, 0.3) is 5.91 Å². The van der Waals surface area contributed by atoms with Gasteiger partial charge in [-0.15, -0.1) is 0 Å². The summed E-state index contributed by atoms with van der Waals surface area (Å²) in [5, 5.41) is 0.651. The fraction of sp³-hybridized carbons (Fsp3) is 0.545. The Morgan fingerprint density at radius 2 is 1.84 bits per heavy atom. The summed E-state index contributed by atoms with van der Waals surface area (Å²) >= 11 is 0. The fourth-order valence-electron chi connectivity index (χ4n) is 4.82. The average molecular weight is 455 g/mol. The molecule has 0 aliphatic carbocycles. The highest BCUT2D eigenvalue weighted by atomic mass is 19.4. The lowest BCUT2D eigenvalue weighted by Crippen LogP contribution is -2.55. The molecule has 0 bridgehead atoms. The van der Waals surface area contributed by atoms with Crippen LogP contribution in [0.25, 0.3) is 10.9 Å². The first kappa shape index (κ1) is 22.4. The monoisotopic (exact) mass is 455 g/mol. The Hall–Kier alpha value is -2.78. The van der Waals surface area contributed by atoms with Gasteiger partial charge in [-0.3, -0.25) is 4.79 Å². The summed E-state index contributed by atoms with van der Waals surface area (Å²) in [4.78, 5) is 31.8. The molecular formula is C22H25F4N3O3. The number of nitrogens with zero attached hydrogens (tertiary/aromatic N) is 2. The molecule has 3 heterocycles. The van der Waals surface area contributed by atoms with E-state index in [4.69, 9.17) is 0 Å². The smallest absolute Gasteiger partial charge is 0.425 e. The van der Waals surface area contributed by atoms with Gasteiger partial charge in [-0.25, -0.2) is 9.18 Å². The molecule has 1 aromatic carbocycles. The normalized spacial score (nSPS) is 19.6. The van der Waals surface area contributed by atoms with E-state index in [9.17, 15) is 27.2 Å². The van der Waals surface area contributed by atoms with Crippen LogP contribution in [0.3, 0.4) is 0 Å². The first-order valence-corrected chi connectivity index (χ1v) is 10.6. The van der Waals surface area contributed by atoms with Crippen LogP contribution in [0.2, 0.25) is 0 Å². The van der Waals surface area contributed by atoms with E-state index in [1.54, 1.807) is 13.0 Å². The molecule has 10 heteroatoms. The van der Waals surface area contributed by atoms with Crippen molar-refractivity contribution in [1.82, 2.24) is 14.8 Å². The second kappa shape index (κ2) is 7.97. The van der Waals surface area contributed by atoms with Crippen LogP contribution in [0.4, 0.5) is 22.4 Å². The van der Waals surface area contributed by atoms with Crippen molar-refractivity contribution in [1.29, 1.82) is 0 Å². The second-order valence-electron chi connectivity index (χ2n) is 8.65. The standard InChI is InChI=1S/C22H25F4N3O3/c1-13-16-12-15(23)4-5-17(16)27-18(13)19(30)29-9-3-6-21(29)7-10-28(11-8-21)20(31)32-14(2)22(24,25)26/h4-5,12,14,27H,3,6-11H2,1-2H3. The summed E-state index contributed by atoms with van der Waals surface area (Å²) in [5.41, 5.74) is 1.30. The SMILES string of the molecule is Cc1c(C(=O)N2CCCC23CCN(C(=O)OC(C)C(F)(F)F)CC3)[nH]c2ccc(F)cc12. The molecule has 2 saturated heterocycles. The number of ether oxygens (including phenoxy) is 1. The van der Waals surface area contributed by atoms with E-state index >= 15 is 0 Å². The van der Waals surface area contributed by atoms with Crippen LogP contribution >= 0.6 is 0 Å². The number of piperidine rings is 1. The minimum Gasteiger partial charge on any atom is -0.437 e. The third-order valence-corrected chi connectivity index (χ3v) is 6.77. The van der Waals surface area contributed by atoms with Crippen molar-refractivity contribution < 1.29 is 31.9 Å². The Balaban J connectivity index is 1.48. The number of nitrogens with one attached hydrogen (secondary N) is 1. The van der Waals surface area contributed by atoms with Gasteiger partial charge in [0.1, 0.15) is 11.5 Å². The first-order chi connectivity index (χ1) is 15.0. The highest BCUT2D eigenvalue weighted by Crippen LogP contribution is 2.40. The summed E-state index contributed by atoms with van der Waals surface area (Å²) in [5.74, 6) is -0.561. The molecule has 32 heavy (non-hydrogen) atoms. The van der Waals surface area contributed by atoms with Crippen LogP contribution in [0.15, 0.2) is 18.2 Å². The first-order valence-electron chi connectivity index (χ1n) is 10.6. The molecule has 0 saturated carbocycles. The number of aromatic amines is 1. The zero-order chi connectivity index (χ0) is 23.3. The lowest BCUT2D eigenvalue weighted by Gasteiger charge is -2.44. The third kappa shape index (κ3) is 3.91. The largest absolute Gasteiger partial charge is 0.437 e. The van der Waals surface area contributed by atoms with E-state index in [0.29, 0.717) is 41.5 Å². The molecule has 4 rings (SSSR count). The second-order valence-corrected chi connectivity index (χ2v) is 8.65. The quantitative estimate of drug-likeness (QED) is 0.664. The molecule has 1 spiro atoms. The summed E-state index contributed by atoms with van der Waals surface area (Å²) in [6, 6.07) is 4.32. The number of aryl methyl sites for hydroxylation is 1. The van der Waals surface area contributed by atoms with E-state index < -0.39 is 23.9 Å². The molecule has 6 nitrogen and oxygen atoms in total. The zero-order valence-electron chi connectivity index (χ0n) is 17.9. The Morgan fingerprint density at radius 3 is 2.50 bits per heavy atom. The van der Waals surface area contributed by atoms with Crippen LogP contribution in [0.1, 0.15) is 48.7 Å². The number of halogens is 4. The molecule has 1 unspecified atom stereocenters. The van der Waals surface area contributed by atoms with Crippen molar-refractivity contribution >= 4 is 22.9 Å². The number of benzene rings is 1. The molecule has 174 valence electrons. The number of fused-ring (bicyclic) bond motifs is 1. The van der Waals surface area contributed by atoms with E-state index in [1.165, 1.54) is 17.0 Å². The molecule has 2 aliphatic rings. The number of H-pyrrole nitrogens is 1. The van der Waals surface area contributed by atoms with E-state index in [2.05, 4.69) is 9.72 Å². The van der Waals surface area contributed by atoms with Crippen LogP contribution in [-0.2, 0) is 4.74 Å². The zero-order valence-corrected chi connectivity index (χ0v) is 17.9. The van der Waals surface area contributed by atoms with E-state index in [1.807, 2.05) is 4.90 Å². The number of likely N-dealkylation sites (tertiary alicyclic amines) is 2. The van der Waals surface area contributed by atoms with Gasteiger partial charge >= 0.3 is 12.3 Å². The minimum absolute atomic E-state index is 0.182. The van der Waals surface area contributed by atoms with Gasteiger partial charge < -0.3 is 19.5 Å². The molecule has 2 aromatic rings. The number of aromatic nitrogens is 1. The van der Waals surface area contributed by atoms with Crippen LogP contribution in [-0.4, -0.2) is 64.2 Å². The number of carbonyl (C=O) groups excluding carboxylic acids is 2. The van der Waals surface area contributed by atoms with Gasteiger partial charge in [-0.1, -0.05) is 0 Å². The Morgan fingerprint density at radius 1 is 1.16 bits per heavy atom. The van der Waals surface area contributed by atoms with Crippen molar-refractivity contribution in [3.63, 3.8) is 0 Å². The van der Waals surface area contributed by atoms with Crippen LogP contribution in [0, 0.1) is 12.7 Å². The number of hydrogen-bond donors (Lipinski definition) is 1. The summed E-state index contributed by atoms with van der Waals surface area (Å²) in [6.45, 7) is 3.55. The van der Waals surface area contributed by atoms with Gasteiger partial charge in [-0.05, 0) is 63.3 Å². The van der Waals surface area contributed by atoms with Gasteiger partial charge in [0, 0.05) is 36.1 Å². The lowest BCUT2D eigenvalue weighted by molar-refractivity contribution is -0.200. The van der Waals surface area contributed by atoms with E-state index in [0.717, 1.165) is 19.8 Å². The van der Waals surface area contributed by atoms with Crippen molar-refractivity contribution in [2.45, 2.75) is 57.3 Å². The molecule has 1 atom stereocenters. The Bertz CT molecular complexity index is 1040. The molecule has 2 amide bonds. The van der Waals surface area contributed by atoms with Crippen LogP contribution in [0.5, 0.6) is 0 Å². The maximum atomic E-state index is 13.6. The third-order valence-electron chi connectivity index (χ3n) is 6.77. The van der Waals surface area contributed by atoms with Crippen molar-refractivity contribution in [2.24, 2.45) is 0 Å². The molecule has 1 N–H and O–H groups in total. The predicted molar refractivity (Wildman–Crippen MR) is 109 cm³/mol. The predicted octanol–water partition coefficient (Wildman–Crippen LogP) is 4.77. The van der Waals surface area contributed by atoms with E-state index in [-0.39, 0.29) is 24.8 Å². The Kier molecular flexibility index (Phi) is 5.58. The highest BCUT2D eigenvalue weighted by molar-refractivity contribution is 6.01. The lowest BCUT2D eigenvalue weighted by atomic mass is 9.85. The molecule has 1 aromatic heterocycles. The van der Waals surface area contributed by atoms with Gasteiger partial charge in [0.2, 0.25) is 0 Å². The minimum atomic E-state index is -4.61. The molecule has 0 radical (unpaired) electrons. The van der Waals surface area contributed by atoms with Crippen molar-refractivity contribution in [2.75, 3.05) is 19.6 Å². The average Bonchev–Trinajstić information content (AvgIpc) is 3.28. The number of carbonyl (C=O) groups is 2. The van der Waals surface area contributed by atoms with Gasteiger partial charge in [0.15, 0.2) is 6.10 Å².